The maximum Gasteiger partial charge on any atom is 0.373 e. The topological polar surface area (TPSA) is 146 Å². The van der Waals surface area contributed by atoms with Gasteiger partial charge in [0.2, 0.25) is 5.76 Å². The molecule has 6 N–H and O–H groups in total. The number of carbonyl (C=O) groups is 2. The van der Waals surface area contributed by atoms with E-state index < -0.39 is 17.8 Å². The number of nitrogens with two attached hydrogens (primary N) is 1. The molecule has 2 rings (SSSR count). The average Bonchev–Trinajstić information content (AvgIpc) is 2.71. The van der Waals surface area contributed by atoms with Crippen LogP contribution in [0.1, 0.15) is 33.2 Å². The largest absolute Gasteiger partial charge is 0.502 e. The molecule has 0 aromatic heterocycles. The Bertz CT molecular complexity index is 889. The number of nitrogens with one attached hydrogen (secondary N) is 2. The van der Waals surface area contributed by atoms with Crippen LogP contribution in [-0.4, -0.2) is 41.6 Å². The summed E-state index contributed by atoms with van der Waals surface area (Å²) in [7, 11) is 1.16. The van der Waals surface area contributed by atoms with E-state index >= 15 is 0 Å². The van der Waals surface area contributed by atoms with E-state index in [1.165, 1.54) is 6.08 Å². The fourth-order valence-corrected chi connectivity index (χ4v) is 2.35. The molecule has 0 aliphatic carbocycles. The van der Waals surface area contributed by atoms with Crippen molar-refractivity contribution in [2.45, 2.75) is 6.10 Å². The van der Waals surface area contributed by atoms with E-state index in [2.05, 4.69) is 10.1 Å². The number of amidine groups is 1. The van der Waals surface area contributed by atoms with Crippen LogP contribution < -0.4 is 11.1 Å². The second-order valence-corrected chi connectivity index (χ2v) is 5.90. The van der Waals surface area contributed by atoms with Gasteiger partial charge in [0.15, 0.2) is 0 Å². The van der Waals surface area contributed by atoms with Crippen LogP contribution in [-0.2, 0) is 9.53 Å². The highest BCUT2D eigenvalue weighted by Gasteiger charge is 2.12. The summed E-state index contributed by atoms with van der Waals surface area (Å²) in [5.41, 5.74) is 7.38. The van der Waals surface area contributed by atoms with Crippen LogP contribution in [0.4, 0.5) is 0 Å². The molecule has 0 fully saturated rings. The molecule has 8 heteroatoms. The second-order valence-electron chi connectivity index (χ2n) is 5.90. The Morgan fingerprint density at radius 1 is 1.14 bits per heavy atom. The molecule has 28 heavy (non-hydrogen) atoms. The van der Waals surface area contributed by atoms with E-state index in [1.54, 1.807) is 48.5 Å². The number of aliphatic hydroxyl groups excluding tert-OH is 2. The number of ether oxygens (including phenoxy) is 1. The number of nitrogen functional groups attached to an aromatic ring is 1. The molecule has 1 amide bonds. The number of rotatable bonds is 7. The summed E-state index contributed by atoms with van der Waals surface area (Å²) in [5.74, 6) is -1.82. The molecule has 1 atom stereocenters. The molecular formula is C20H21N3O5. The van der Waals surface area contributed by atoms with E-state index in [4.69, 9.17) is 11.1 Å². The lowest BCUT2D eigenvalue weighted by Gasteiger charge is -2.13. The van der Waals surface area contributed by atoms with Gasteiger partial charge in [-0.3, -0.25) is 10.2 Å². The van der Waals surface area contributed by atoms with Gasteiger partial charge in [0, 0.05) is 17.7 Å². The van der Waals surface area contributed by atoms with Gasteiger partial charge in [0.25, 0.3) is 5.91 Å². The fourth-order valence-electron chi connectivity index (χ4n) is 2.35. The smallest absolute Gasteiger partial charge is 0.373 e. The number of esters is 1. The van der Waals surface area contributed by atoms with Gasteiger partial charge in [-0.15, -0.1) is 0 Å². The summed E-state index contributed by atoms with van der Waals surface area (Å²) in [6, 6.07) is 12.7. The molecule has 0 heterocycles. The monoisotopic (exact) mass is 383 g/mol. The van der Waals surface area contributed by atoms with Gasteiger partial charge in [-0.05, 0) is 29.3 Å². The number of amides is 1. The van der Waals surface area contributed by atoms with E-state index in [1.807, 2.05) is 0 Å². The van der Waals surface area contributed by atoms with Crippen molar-refractivity contribution in [3.8, 4) is 0 Å². The molecule has 0 bridgehead atoms. The van der Waals surface area contributed by atoms with Crippen LogP contribution >= 0.6 is 0 Å². The van der Waals surface area contributed by atoms with Crippen LogP contribution in [0.25, 0.3) is 6.08 Å². The molecule has 1 unspecified atom stereocenters. The third-order valence-electron chi connectivity index (χ3n) is 3.93. The SMILES string of the molecule is COC(=O)C(O)=Cc1ccc(C(O)CNC(=O)c2ccc(C(=N)N)cc2)cc1. The second kappa shape index (κ2) is 9.33. The Kier molecular flexibility index (Phi) is 6.89. The molecule has 8 nitrogen and oxygen atoms in total. The lowest BCUT2D eigenvalue weighted by molar-refractivity contribution is -0.138. The molecule has 0 saturated carbocycles. The molecule has 2 aromatic carbocycles. The molecule has 0 saturated heterocycles. The molecule has 0 aliphatic heterocycles. The number of carbonyl (C=O) groups excluding carboxylic acids is 2. The van der Waals surface area contributed by atoms with Gasteiger partial charge < -0.3 is 26.0 Å². The predicted octanol–water partition coefficient (Wildman–Crippen LogP) is 1.51. The highest BCUT2D eigenvalue weighted by Crippen LogP contribution is 2.15. The van der Waals surface area contributed by atoms with Gasteiger partial charge in [-0.25, -0.2) is 4.79 Å². The number of aliphatic hydroxyl groups is 2. The van der Waals surface area contributed by atoms with Crippen LogP contribution in [0.3, 0.4) is 0 Å². The van der Waals surface area contributed by atoms with Crippen LogP contribution in [0.5, 0.6) is 0 Å². The maximum absolute atomic E-state index is 12.1. The minimum atomic E-state index is -0.937. The zero-order valence-corrected chi connectivity index (χ0v) is 15.2. The van der Waals surface area contributed by atoms with Crippen molar-refractivity contribution in [1.29, 1.82) is 5.41 Å². The minimum Gasteiger partial charge on any atom is -0.502 e. The van der Waals surface area contributed by atoms with Gasteiger partial charge in [0.05, 0.1) is 13.2 Å². The third kappa shape index (κ3) is 5.42. The molecule has 0 aliphatic rings. The summed E-state index contributed by atoms with van der Waals surface area (Å²) >= 11 is 0. The van der Waals surface area contributed by atoms with Crippen molar-refractivity contribution in [2.24, 2.45) is 5.73 Å². The number of benzene rings is 2. The first kappa shape index (κ1) is 20.7. The Morgan fingerprint density at radius 2 is 1.71 bits per heavy atom. The van der Waals surface area contributed by atoms with Crippen LogP contribution in [0.2, 0.25) is 0 Å². The zero-order chi connectivity index (χ0) is 20.7. The predicted molar refractivity (Wildman–Crippen MR) is 104 cm³/mol. The average molecular weight is 383 g/mol. The van der Waals surface area contributed by atoms with E-state index in [-0.39, 0.29) is 18.3 Å². The van der Waals surface area contributed by atoms with Gasteiger partial charge in [-0.2, -0.15) is 0 Å². The highest BCUT2D eigenvalue weighted by atomic mass is 16.5. The van der Waals surface area contributed by atoms with Crippen molar-refractivity contribution in [3.63, 3.8) is 0 Å². The van der Waals surface area contributed by atoms with E-state index in [0.717, 1.165) is 7.11 Å². The Balaban J connectivity index is 1.95. The molecular weight excluding hydrogens is 362 g/mol. The van der Waals surface area contributed by atoms with Crippen molar-refractivity contribution >= 4 is 23.8 Å². The van der Waals surface area contributed by atoms with Crippen molar-refractivity contribution < 1.29 is 24.5 Å². The summed E-state index contributed by atoms with van der Waals surface area (Å²) in [6.45, 7) is -0.00408. The van der Waals surface area contributed by atoms with Crippen molar-refractivity contribution in [1.82, 2.24) is 5.32 Å². The Labute approximate surface area is 161 Å². The molecule has 0 spiro atoms. The summed E-state index contributed by atoms with van der Waals surface area (Å²) < 4.78 is 4.40. The highest BCUT2D eigenvalue weighted by molar-refractivity contribution is 5.98. The number of methoxy groups -OCH3 is 1. The van der Waals surface area contributed by atoms with Crippen molar-refractivity contribution in [2.75, 3.05) is 13.7 Å². The maximum atomic E-state index is 12.1. The first-order valence-electron chi connectivity index (χ1n) is 8.31. The summed E-state index contributed by atoms with van der Waals surface area (Å²) in [4.78, 5) is 23.3. The van der Waals surface area contributed by atoms with E-state index in [9.17, 15) is 19.8 Å². The number of hydrogen-bond donors (Lipinski definition) is 5. The lowest BCUT2D eigenvalue weighted by atomic mass is 10.1. The summed E-state index contributed by atoms with van der Waals surface area (Å²) in [5, 5.41) is 29.7. The fraction of sp³-hybridized carbons (Fsp3) is 0.150. The van der Waals surface area contributed by atoms with Gasteiger partial charge in [-0.1, -0.05) is 36.4 Å². The quantitative estimate of drug-likeness (QED) is 0.161. The van der Waals surface area contributed by atoms with Gasteiger partial charge in [0.1, 0.15) is 5.84 Å². The van der Waals surface area contributed by atoms with Crippen LogP contribution in [0.15, 0.2) is 54.3 Å². The first-order chi connectivity index (χ1) is 13.3. The third-order valence-corrected chi connectivity index (χ3v) is 3.93. The van der Waals surface area contributed by atoms with Gasteiger partial charge >= 0.3 is 5.97 Å². The van der Waals surface area contributed by atoms with Crippen LogP contribution in [0, 0.1) is 5.41 Å². The standard InChI is InChI=1S/C20H21N3O5/c1-28-20(27)16(24)10-12-2-4-13(5-3-12)17(25)11-23-19(26)15-8-6-14(7-9-15)18(21)22/h2-10,17,24-25H,11H2,1H3,(H3,21,22)(H,23,26). The molecule has 146 valence electrons. The van der Waals surface area contributed by atoms with Crippen molar-refractivity contribution in [3.05, 3.63) is 76.5 Å². The molecule has 0 radical (unpaired) electrons. The summed E-state index contributed by atoms with van der Waals surface area (Å²) in [6.07, 6.45) is 0.307. The Hall–Kier alpha value is -3.65. The normalized spacial score (nSPS) is 12.1. The minimum absolute atomic E-state index is 0.00408. The van der Waals surface area contributed by atoms with E-state index in [0.29, 0.717) is 22.3 Å². The first-order valence-corrected chi connectivity index (χ1v) is 8.31. The zero-order valence-electron chi connectivity index (χ0n) is 15.2. The number of hydrogen-bond acceptors (Lipinski definition) is 6. The molecule has 2 aromatic rings. The lowest BCUT2D eigenvalue weighted by Crippen LogP contribution is -2.28. The Morgan fingerprint density at radius 3 is 2.25 bits per heavy atom.